The topological polar surface area (TPSA) is 58.4 Å². The molecule has 1 aliphatic heterocycles. The summed E-state index contributed by atoms with van der Waals surface area (Å²) in [6.45, 7) is 3.04. The minimum atomic E-state index is -4.79. The predicted molar refractivity (Wildman–Crippen MR) is 81.1 cm³/mol. The van der Waals surface area contributed by atoms with Crippen molar-refractivity contribution in [1.82, 2.24) is 9.78 Å². The van der Waals surface area contributed by atoms with E-state index in [4.69, 9.17) is 0 Å². The molecular formula is C16H16F3N3O2. The van der Waals surface area contributed by atoms with Crippen LogP contribution < -0.4 is 4.90 Å². The summed E-state index contributed by atoms with van der Waals surface area (Å²) in [7, 11) is 0. The van der Waals surface area contributed by atoms with Crippen LogP contribution in [0.4, 0.5) is 19.0 Å². The van der Waals surface area contributed by atoms with Crippen molar-refractivity contribution in [2.75, 3.05) is 11.4 Å². The van der Waals surface area contributed by atoms with E-state index >= 15 is 0 Å². The van der Waals surface area contributed by atoms with Crippen LogP contribution >= 0.6 is 0 Å². The lowest BCUT2D eigenvalue weighted by molar-refractivity contribution is -0.142. The zero-order valence-corrected chi connectivity index (χ0v) is 13.0. The second-order valence-corrected chi connectivity index (χ2v) is 5.66. The van der Waals surface area contributed by atoms with Gasteiger partial charge in [-0.05, 0) is 17.5 Å². The SMILES string of the molecule is CCc1ccc(CN2CCn3nc(C(F)(F)F)c(C(=O)O)c32)cc1. The van der Waals surface area contributed by atoms with Crippen LogP contribution in [0.3, 0.4) is 0 Å². The lowest BCUT2D eigenvalue weighted by Gasteiger charge is -2.18. The Kier molecular flexibility index (Phi) is 3.98. The van der Waals surface area contributed by atoms with Crippen molar-refractivity contribution in [3.63, 3.8) is 0 Å². The third-order valence-corrected chi connectivity index (χ3v) is 4.09. The zero-order chi connectivity index (χ0) is 17.5. The smallest absolute Gasteiger partial charge is 0.436 e. The van der Waals surface area contributed by atoms with Crippen LogP contribution in [-0.2, 0) is 25.7 Å². The van der Waals surface area contributed by atoms with Gasteiger partial charge in [0.05, 0.1) is 6.54 Å². The van der Waals surface area contributed by atoms with Gasteiger partial charge in [0, 0.05) is 13.1 Å². The van der Waals surface area contributed by atoms with Gasteiger partial charge in [0.1, 0.15) is 11.4 Å². The predicted octanol–water partition coefficient (Wildman–Crippen LogP) is 3.18. The van der Waals surface area contributed by atoms with E-state index in [1.807, 2.05) is 31.2 Å². The number of carboxylic acid groups (broad SMARTS) is 1. The van der Waals surface area contributed by atoms with Gasteiger partial charge in [-0.25, -0.2) is 9.48 Å². The number of nitrogens with zero attached hydrogens (tertiary/aromatic N) is 3. The van der Waals surface area contributed by atoms with Crippen LogP contribution in [0.2, 0.25) is 0 Å². The summed E-state index contributed by atoms with van der Waals surface area (Å²) in [5.41, 5.74) is -0.0382. The Labute approximate surface area is 136 Å². The molecule has 2 heterocycles. The zero-order valence-electron chi connectivity index (χ0n) is 13.0. The molecule has 0 saturated carbocycles. The van der Waals surface area contributed by atoms with Crippen molar-refractivity contribution in [3.8, 4) is 0 Å². The van der Waals surface area contributed by atoms with Gasteiger partial charge in [-0.15, -0.1) is 0 Å². The summed E-state index contributed by atoms with van der Waals surface area (Å²) < 4.78 is 40.3. The normalized spacial score (nSPS) is 14.1. The molecule has 1 aliphatic rings. The average molecular weight is 339 g/mol. The van der Waals surface area contributed by atoms with Crippen LogP contribution in [-0.4, -0.2) is 27.4 Å². The Hall–Kier alpha value is -2.51. The van der Waals surface area contributed by atoms with Gasteiger partial charge in [-0.2, -0.15) is 18.3 Å². The van der Waals surface area contributed by atoms with Gasteiger partial charge in [0.25, 0.3) is 0 Å². The highest BCUT2D eigenvalue weighted by molar-refractivity contribution is 5.95. The fraction of sp³-hybridized carbons (Fsp3) is 0.375. The van der Waals surface area contributed by atoms with Crippen LogP contribution in [0.1, 0.15) is 34.1 Å². The number of hydrogen-bond donors (Lipinski definition) is 1. The molecule has 0 aliphatic carbocycles. The number of alkyl halides is 3. The number of carbonyl (C=O) groups is 1. The van der Waals surface area contributed by atoms with E-state index in [0.29, 0.717) is 13.1 Å². The lowest BCUT2D eigenvalue weighted by atomic mass is 10.1. The number of aryl methyl sites for hydroxylation is 1. The number of halogens is 3. The van der Waals surface area contributed by atoms with E-state index < -0.39 is 23.4 Å². The molecule has 8 heteroatoms. The van der Waals surface area contributed by atoms with Crippen molar-refractivity contribution in [2.45, 2.75) is 32.6 Å². The molecule has 5 nitrogen and oxygen atoms in total. The van der Waals surface area contributed by atoms with Gasteiger partial charge < -0.3 is 10.0 Å². The van der Waals surface area contributed by atoms with E-state index in [1.165, 1.54) is 0 Å². The first kappa shape index (κ1) is 16.4. The molecule has 0 radical (unpaired) electrons. The Morgan fingerprint density at radius 1 is 1.21 bits per heavy atom. The summed E-state index contributed by atoms with van der Waals surface area (Å²) in [5.74, 6) is -1.59. The van der Waals surface area contributed by atoms with Crippen LogP contribution in [0.5, 0.6) is 0 Å². The molecule has 0 fully saturated rings. The highest BCUT2D eigenvalue weighted by atomic mass is 19.4. The maximum atomic E-state index is 13.0. The molecule has 0 spiro atoms. The minimum absolute atomic E-state index is 0.0226. The second-order valence-electron chi connectivity index (χ2n) is 5.66. The second kappa shape index (κ2) is 5.85. The maximum absolute atomic E-state index is 13.0. The molecular weight excluding hydrogens is 323 g/mol. The number of carboxylic acids is 1. The van der Waals surface area contributed by atoms with Gasteiger partial charge in [0.15, 0.2) is 5.69 Å². The molecule has 0 saturated heterocycles. The van der Waals surface area contributed by atoms with Crippen molar-refractivity contribution in [3.05, 3.63) is 46.6 Å². The van der Waals surface area contributed by atoms with Gasteiger partial charge >= 0.3 is 12.1 Å². The first-order valence-electron chi connectivity index (χ1n) is 7.55. The number of benzene rings is 1. The molecule has 24 heavy (non-hydrogen) atoms. The number of hydrogen-bond acceptors (Lipinski definition) is 3. The molecule has 0 atom stereocenters. The first-order chi connectivity index (χ1) is 11.3. The molecule has 0 bridgehead atoms. The molecule has 1 N–H and O–H groups in total. The Morgan fingerprint density at radius 2 is 1.83 bits per heavy atom. The fourth-order valence-electron chi connectivity index (χ4n) is 2.90. The van der Waals surface area contributed by atoms with Crippen LogP contribution in [0, 0.1) is 0 Å². The number of aromatic carboxylic acids is 1. The third-order valence-electron chi connectivity index (χ3n) is 4.09. The largest absolute Gasteiger partial charge is 0.477 e. The number of fused-ring (bicyclic) bond motifs is 1. The van der Waals surface area contributed by atoms with Crippen LogP contribution in [0.15, 0.2) is 24.3 Å². The first-order valence-corrected chi connectivity index (χ1v) is 7.55. The Balaban J connectivity index is 1.95. The molecule has 2 aromatic rings. The molecule has 1 aromatic heterocycles. The van der Waals surface area contributed by atoms with E-state index in [1.54, 1.807) is 4.90 Å². The lowest BCUT2D eigenvalue weighted by Crippen LogP contribution is -2.23. The van der Waals surface area contributed by atoms with E-state index in [9.17, 15) is 23.1 Å². The fourth-order valence-corrected chi connectivity index (χ4v) is 2.90. The summed E-state index contributed by atoms with van der Waals surface area (Å²) in [5, 5.41) is 12.7. The standard InChI is InChI=1S/C16H16F3N3O2/c1-2-10-3-5-11(6-4-10)9-21-7-8-22-14(21)12(15(23)24)13(20-22)16(17,18)19/h3-6H,2,7-9H2,1H3,(H,23,24). The van der Waals surface area contributed by atoms with Gasteiger partial charge in [-0.1, -0.05) is 31.2 Å². The summed E-state index contributed by atoms with van der Waals surface area (Å²) in [6.07, 6.45) is -3.89. The van der Waals surface area contributed by atoms with E-state index in [-0.39, 0.29) is 12.4 Å². The van der Waals surface area contributed by atoms with E-state index in [2.05, 4.69) is 5.10 Å². The molecule has 1 aromatic carbocycles. The summed E-state index contributed by atoms with van der Waals surface area (Å²) in [6, 6.07) is 7.73. The highest BCUT2D eigenvalue weighted by Crippen LogP contribution is 2.38. The van der Waals surface area contributed by atoms with Gasteiger partial charge in [-0.3, -0.25) is 0 Å². The highest BCUT2D eigenvalue weighted by Gasteiger charge is 2.44. The monoisotopic (exact) mass is 339 g/mol. The number of anilines is 1. The molecule has 0 unspecified atom stereocenters. The Bertz CT molecular complexity index is 766. The molecule has 128 valence electrons. The van der Waals surface area contributed by atoms with Crippen LogP contribution in [0.25, 0.3) is 0 Å². The maximum Gasteiger partial charge on any atom is 0.436 e. The molecule has 0 amide bonds. The van der Waals surface area contributed by atoms with Crippen molar-refractivity contribution in [1.29, 1.82) is 0 Å². The summed E-state index contributed by atoms with van der Waals surface area (Å²) >= 11 is 0. The minimum Gasteiger partial charge on any atom is -0.477 e. The average Bonchev–Trinajstić information content (AvgIpc) is 3.07. The van der Waals surface area contributed by atoms with E-state index in [0.717, 1.165) is 22.2 Å². The van der Waals surface area contributed by atoms with Crippen molar-refractivity contribution in [2.24, 2.45) is 0 Å². The quantitative estimate of drug-likeness (QED) is 0.929. The molecule has 3 rings (SSSR count). The third kappa shape index (κ3) is 2.83. The van der Waals surface area contributed by atoms with Gasteiger partial charge in [0.2, 0.25) is 0 Å². The van der Waals surface area contributed by atoms with Crippen molar-refractivity contribution >= 4 is 11.8 Å². The number of rotatable bonds is 4. The van der Waals surface area contributed by atoms with Crippen molar-refractivity contribution < 1.29 is 23.1 Å². The Morgan fingerprint density at radius 3 is 2.38 bits per heavy atom. The number of aromatic nitrogens is 2. The summed E-state index contributed by atoms with van der Waals surface area (Å²) in [4.78, 5) is 13.0.